The van der Waals surface area contributed by atoms with Crippen LogP contribution in [-0.2, 0) is 25.7 Å². The molecule has 0 aliphatic carbocycles. The number of rotatable bonds is 10. The van der Waals surface area contributed by atoms with Gasteiger partial charge in [-0.1, -0.05) is 58.4 Å². The fourth-order valence-electron chi connectivity index (χ4n) is 2.52. The first-order valence-corrected chi connectivity index (χ1v) is 10.4. The summed E-state index contributed by atoms with van der Waals surface area (Å²) in [6.07, 6.45) is -1.26. The van der Waals surface area contributed by atoms with Crippen LogP contribution < -0.4 is 10.6 Å². The van der Waals surface area contributed by atoms with Crippen molar-refractivity contribution in [2.45, 2.75) is 26.0 Å². The van der Waals surface area contributed by atoms with Gasteiger partial charge in [0.25, 0.3) is 0 Å². The van der Waals surface area contributed by atoms with Gasteiger partial charge in [-0.15, -0.1) is 0 Å². The first kappa shape index (κ1) is 24.1. The van der Waals surface area contributed by atoms with Gasteiger partial charge in [0, 0.05) is 10.0 Å². The highest BCUT2D eigenvalue weighted by molar-refractivity contribution is 9.10. The van der Waals surface area contributed by atoms with Gasteiger partial charge in [0.05, 0.1) is 19.6 Å². The van der Waals surface area contributed by atoms with Crippen molar-refractivity contribution in [1.82, 2.24) is 10.6 Å². The molecule has 0 fully saturated rings. The second kappa shape index (κ2) is 12.5. The highest BCUT2D eigenvalue weighted by Gasteiger charge is 2.26. The van der Waals surface area contributed by atoms with E-state index in [1.54, 1.807) is 55.5 Å². The smallest absolute Gasteiger partial charge is 0.408 e. The Balaban J connectivity index is 1.87. The molecule has 0 aliphatic heterocycles. The fourth-order valence-corrected chi connectivity index (χ4v) is 2.78. The number of carbonyl (C=O) groups excluding carboxylic acids is 4. The van der Waals surface area contributed by atoms with Crippen molar-refractivity contribution < 1.29 is 28.7 Å². The maximum absolute atomic E-state index is 12.2. The SMILES string of the molecule is CCOC(=O)[C@H](CC(=O)NCC(=O)c1ccc(Br)cc1)NC(=O)OCc1ccccc1. The van der Waals surface area contributed by atoms with Crippen molar-refractivity contribution in [2.24, 2.45) is 0 Å². The zero-order valence-electron chi connectivity index (χ0n) is 16.9. The van der Waals surface area contributed by atoms with Crippen LogP contribution in [-0.4, -0.2) is 42.9 Å². The molecule has 2 amide bonds. The third-order valence-electron chi connectivity index (χ3n) is 4.08. The van der Waals surface area contributed by atoms with Gasteiger partial charge in [-0.2, -0.15) is 0 Å². The number of amides is 2. The van der Waals surface area contributed by atoms with Gasteiger partial charge in [0.1, 0.15) is 12.6 Å². The molecular weight excluding hydrogens is 468 g/mol. The van der Waals surface area contributed by atoms with Gasteiger partial charge in [-0.25, -0.2) is 9.59 Å². The minimum atomic E-state index is -1.24. The van der Waals surface area contributed by atoms with Crippen molar-refractivity contribution in [3.05, 3.63) is 70.2 Å². The van der Waals surface area contributed by atoms with Crippen LogP contribution in [0.5, 0.6) is 0 Å². The van der Waals surface area contributed by atoms with Crippen LogP contribution in [0.3, 0.4) is 0 Å². The third-order valence-corrected chi connectivity index (χ3v) is 4.61. The molecule has 2 aromatic carbocycles. The van der Waals surface area contributed by atoms with E-state index >= 15 is 0 Å². The van der Waals surface area contributed by atoms with Gasteiger partial charge in [0.15, 0.2) is 5.78 Å². The summed E-state index contributed by atoms with van der Waals surface area (Å²) >= 11 is 3.28. The number of benzene rings is 2. The summed E-state index contributed by atoms with van der Waals surface area (Å²) < 4.78 is 10.8. The molecule has 0 aromatic heterocycles. The Morgan fingerprint density at radius 3 is 2.29 bits per heavy atom. The highest BCUT2D eigenvalue weighted by Crippen LogP contribution is 2.10. The van der Waals surface area contributed by atoms with Gasteiger partial charge in [-0.05, 0) is 24.6 Å². The molecule has 2 aromatic rings. The zero-order valence-corrected chi connectivity index (χ0v) is 18.5. The van der Waals surface area contributed by atoms with Crippen molar-refractivity contribution in [1.29, 1.82) is 0 Å². The first-order chi connectivity index (χ1) is 14.9. The predicted octanol–water partition coefficient (Wildman–Crippen LogP) is 3.00. The first-order valence-electron chi connectivity index (χ1n) is 9.58. The molecule has 2 rings (SSSR count). The van der Waals surface area contributed by atoms with E-state index in [9.17, 15) is 19.2 Å². The molecule has 1 atom stereocenters. The second-order valence-corrected chi connectivity index (χ2v) is 7.34. The van der Waals surface area contributed by atoms with Crippen LogP contribution in [0.2, 0.25) is 0 Å². The summed E-state index contributed by atoms with van der Waals surface area (Å²) in [4.78, 5) is 48.6. The minimum Gasteiger partial charge on any atom is -0.464 e. The summed E-state index contributed by atoms with van der Waals surface area (Å²) in [5, 5.41) is 4.80. The largest absolute Gasteiger partial charge is 0.464 e. The quantitative estimate of drug-likeness (QED) is 0.391. The molecule has 0 unspecified atom stereocenters. The van der Waals surface area contributed by atoms with Gasteiger partial charge >= 0.3 is 12.1 Å². The van der Waals surface area contributed by atoms with Crippen LogP contribution in [0, 0.1) is 0 Å². The molecule has 31 heavy (non-hydrogen) atoms. The summed E-state index contributed by atoms with van der Waals surface area (Å²) in [6.45, 7) is 1.46. The molecule has 0 spiro atoms. The standard InChI is InChI=1S/C22H23BrN2O6/c1-2-30-21(28)18(25-22(29)31-14-15-6-4-3-5-7-15)12-20(27)24-13-19(26)16-8-10-17(23)11-9-16/h3-11,18H,2,12-14H2,1H3,(H,24,27)(H,25,29)/t18-/m0/s1. The minimum absolute atomic E-state index is 0.0100. The van der Waals surface area contributed by atoms with Crippen LogP contribution in [0.4, 0.5) is 4.79 Å². The van der Waals surface area contributed by atoms with Gasteiger partial charge in [-0.3, -0.25) is 9.59 Å². The Hall–Kier alpha value is -3.20. The van der Waals surface area contributed by atoms with Gasteiger partial charge < -0.3 is 20.1 Å². The van der Waals surface area contributed by atoms with Crippen LogP contribution in [0.25, 0.3) is 0 Å². The third kappa shape index (κ3) is 8.59. The number of ether oxygens (including phenoxy) is 2. The molecule has 8 nitrogen and oxygen atoms in total. The molecule has 0 heterocycles. The maximum Gasteiger partial charge on any atom is 0.408 e. The molecule has 0 saturated heterocycles. The number of hydrogen-bond acceptors (Lipinski definition) is 6. The number of halogens is 1. The topological polar surface area (TPSA) is 111 Å². The predicted molar refractivity (Wildman–Crippen MR) is 116 cm³/mol. The number of hydrogen-bond donors (Lipinski definition) is 2. The number of ketones is 1. The van der Waals surface area contributed by atoms with E-state index in [0.717, 1.165) is 10.0 Å². The fraction of sp³-hybridized carbons (Fsp3) is 0.273. The molecule has 0 saturated carbocycles. The summed E-state index contributed by atoms with van der Waals surface area (Å²) in [6, 6.07) is 14.5. The molecular formula is C22H23BrN2O6. The van der Waals surface area contributed by atoms with E-state index in [2.05, 4.69) is 26.6 Å². The molecule has 0 aliphatic rings. The lowest BCUT2D eigenvalue weighted by atomic mass is 10.1. The lowest BCUT2D eigenvalue weighted by Crippen LogP contribution is -2.45. The van der Waals surface area contributed by atoms with Crippen LogP contribution in [0.15, 0.2) is 59.1 Å². The van der Waals surface area contributed by atoms with E-state index in [1.165, 1.54) is 0 Å². The Morgan fingerprint density at radius 1 is 0.968 bits per heavy atom. The Bertz CT molecular complexity index is 902. The summed E-state index contributed by atoms with van der Waals surface area (Å²) in [5.41, 5.74) is 1.21. The Kier molecular flexibility index (Phi) is 9.70. The van der Waals surface area contributed by atoms with Crippen LogP contribution >= 0.6 is 15.9 Å². The Labute approximate surface area is 188 Å². The summed E-state index contributed by atoms with van der Waals surface area (Å²) in [7, 11) is 0. The lowest BCUT2D eigenvalue weighted by molar-refractivity contribution is -0.147. The van der Waals surface area contributed by atoms with E-state index in [-0.39, 0.29) is 25.5 Å². The second-order valence-electron chi connectivity index (χ2n) is 6.42. The average Bonchev–Trinajstić information content (AvgIpc) is 2.77. The van der Waals surface area contributed by atoms with E-state index in [4.69, 9.17) is 9.47 Å². The summed E-state index contributed by atoms with van der Waals surface area (Å²) in [5.74, 6) is -1.65. The molecule has 164 valence electrons. The lowest BCUT2D eigenvalue weighted by Gasteiger charge is -2.17. The highest BCUT2D eigenvalue weighted by atomic mass is 79.9. The molecule has 2 N–H and O–H groups in total. The number of alkyl carbamates (subject to hydrolysis) is 1. The van der Waals surface area contributed by atoms with Crippen molar-refractivity contribution in [2.75, 3.05) is 13.2 Å². The Morgan fingerprint density at radius 2 is 1.65 bits per heavy atom. The zero-order chi connectivity index (χ0) is 22.6. The van der Waals surface area contributed by atoms with E-state index < -0.39 is 30.4 Å². The van der Waals surface area contributed by atoms with Crippen molar-refractivity contribution >= 4 is 39.7 Å². The number of esters is 1. The number of Topliss-reactive ketones (excluding diaryl/α,β-unsaturated/α-hetero) is 1. The molecule has 0 bridgehead atoms. The van der Waals surface area contributed by atoms with Crippen LogP contribution in [0.1, 0.15) is 29.3 Å². The van der Waals surface area contributed by atoms with E-state index in [1.807, 2.05) is 6.07 Å². The maximum atomic E-state index is 12.2. The van der Waals surface area contributed by atoms with Gasteiger partial charge in [0.2, 0.25) is 5.91 Å². The number of carbonyl (C=O) groups is 4. The molecule has 0 radical (unpaired) electrons. The number of nitrogens with one attached hydrogen (secondary N) is 2. The van der Waals surface area contributed by atoms with Crippen molar-refractivity contribution in [3.63, 3.8) is 0 Å². The van der Waals surface area contributed by atoms with E-state index in [0.29, 0.717) is 5.56 Å². The average molecular weight is 491 g/mol. The van der Waals surface area contributed by atoms with Crippen molar-refractivity contribution in [3.8, 4) is 0 Å². The monoisotopic (exact) mass is 490 g/mol. The molecule has 9 heteroatoms. The normalized spacial score (nSPS) is 11.2.